The molecule has 0 saturated carbocycles. The lowest BCUT2D eigenvalue weighted by atomic mass is 9.76. The van der Waals surface area contributed by atoms with Crippen LogP contribution in [0.2, 0.25) is 0 Å². The van der Waals surface area contributed by atoms with Gasteiger partial charge in [-0.2, -0.15) is 0 Å². The van der Waals surface area contributed by atoms with Crippen LogP contribution in [0.4, 0.5) is 4.79 Å². The van der Waals surface area contributed by atoms with Crippen molar-refractivity contribution in [1.29, 1.82) is 0 Å². The molecule has 0 aliphatic carbocycles. The van der Waals surface area contributed by atoms with E-state index in [9.17, 15) is 9.59 Å². The van der Waals surface area contributed by atoms with E-state index in [1.54, 1.807) is 25.3 Å². The van der Waals surface area contributed by atoms with Crippen molar-refractivity contribution in [3.05, 3.63) is 95.7 Å². The highest BCUT2D eigenvalue weighted by Crippen LogP contribution is 2.43. The molecule has 4 aromatic rings. The lowest BCUT2D eigenvalue weighted by molar-refractivity contribution is 0.0595. The second kappa shape index (κ2) is 9.07. The largest absolute Gasteiger partial charge is 0.563 e. The van der Waals surface area contributed by atoms with Crippen LogP contribution in [0.5, 0.6) is 5.75 Å². The first kappa shape index (κ1) is 21.8. The first-order valence-electron chi connectivity index (χ1n) is 11.0. The summed E-state index contributed by atoms with van der Waals surface area (Å²) in [7, 11) is 0.663. The lowest BCUT2D eigenvalue weighted by Gasteiger charge is -2.32. The van der Waals surface area contributed by atoms with Gasteiger partial charge in [0.05, 0.1) is 24.8 Å². The van der Waals surface area contributed by atoms with E-state index in [1.165, 1.54) is 11.7 Å². The van der Waals surface area contributed by atoms with E-state index in [0.29, 0.717) is 22.4 Å². The van der Waals surface area contributed by atoms with E-state index in [2.05, 4.69) is 0 Å². The van der Waals surface area contributed by atoms with E-state index >= 15 is 0 Å². The number of esters is 1. The molecule has 8 heteroatoms. The van der Waals surface area contributed by atoms with Gasteiger partial charge in [-0.25, -0.2) is 9.59 Å². The van der Waals surface area contributed by atoms with Crippen LogP contribution in [0, 0.1) is 0 Å². The van der Waals surface area contributed by atoms with Crippen LogP contribution in [0.25, 0.3) is 10.9 Å². The van der Waals surface area contributed by atoms with Crippen molar-refractivity contribution in [2.75, 3.05) is 13.7 Å². The molecule has 170 valence electrons. The van der Waals surface area contributed by atoms with Crippen LogP contribution < -0.4 is 10.1 Å². The molecule has 0 saturated heterocycles. The number of benzene rings is 3. The fourth-order valence-electron chi connectivity index (χ4n) is 4.29. The highest BCUT2D eigenvalue weighted by molar-refractivity contribution is 6.62. The minimum Gasteiger partial charge on any atom is -0.532 e. The molecule has 2 heterocycles. The third-order valence-electron chi connectivity index (χ3n) is 5.81. The van der Waals surface area contributed by atoms with Gasteiger partial charge in [0.1, 0.15) is 11.9 Å². The Kier molecular flexibility index (Phi) is 5.82. The Morgan fingerprint density at radius 2 is 1.76 bits per heavy atom. The molecule has 34 heavy (non-hydrogen) atoms. The summed E-state index contributed by atoms with van der Waals surface area (Å²) < 4.78 is 24.4. The normalized spacial score (nSPS) is 14.9. The summed E-state index contributed by atoms with van der Waals surface area (Å²) in [6.07, 6.45) is 0.546. The summed E-state index contributed by atoms with van der Waals surface area (Å²) in [5, 5.41) is 0.765. The summed E-state index contributed by atoms with van der Waals surface area (Å²) in [4.78, 5) is 25.1. The van der Waals surface area contributed by atoms with E-state index in [-0.39, 0.29) is 6.61 Å². The van der Waals surface area contributed by atoms with Gasteiger partial charge in [-0.1, -0.05) is 48.5 Å². The van der Waals surface area contributed by atoms with Crippen LogP contribution in [0.3, 0.4) is 0 Å². The van der Waals surface area contributed by atoms with E-state index in [4.69, 9.17) is 18.8 Å². The summed E-state index contributed by atoms with van der Waals surface area (Å²) in [5.41, 5.74) is 3.28. The minimum atomic E-state index is -0.686. The maximum absolute atomic E-state index is 12.6. The molecule has 0 spiro atoms. The number of methoxy groups -OCH3 is 1. The number of fused-ring (bicyclic) bond motifs is 3. The van der Waals surface area contributed by atoms with E-state index < -0.39 is 25.3 Å². The molecule has 1 atom stereocenters. The van der Waals surface area contributed by atoms with Crippen molar-refractivity contribution in [3.63, 3.8) is 0 Å². The van der Waals surface area contributed by atoms with Crippen LogP contribution in [0.1, 0.15) is 34.5 Å². The van der Waals surface area contributed by atoms with Gasteiger partial charge in [-0.3, -0.25) is 4.57 Å². The first-order chi connectivity index (χ1) is 16.6. The first-order valence-corrected chi connectivity index (χ1v) is 11.0. The van der Waals surface area contributed by atoms with E-state index in [1.807, 2.05) is 60.7 Å². The molecule has 7 nitrogen and oxygen atoms in total. The highest BCUT2D eigenvalue weighted by atomic mass is 16.6. The van der Waals surface area contributed by atoms with Gasteiger partial charge in [0.25, 0.3) is 0 Å². The fraction of sp³-hybridized carbons (Fsp3) is 0.154. The molecule has 0 radical (unpaired) electrons. The van der Waals surface area contributed by atoms with Crippen molar-refractivity contribution in [2.24, 2.45) is 0 Å². The second-order valence-corrected chi connectivity index (χ2v) is 7.75. The Morgan fingerprint density at radius 3 is 2.53 bits per heavy atom. The van der Waals surface area contributed by atoms with Gasteiger partial charge in [0.15, 0.2) is 0 Å². The SMILES string of the molecule is CCOC(=O)n1ccc2c3c(ccc21)OB(c1ccccc1)OC3c1ccccc1C(=O)OC. The molecule has 5 rings (SSSR count). The summed E-state index contributed by atoms with van der Waals surface area (Å²) in [6.45, 7) is 2.03. The fourth-order valence-corrected chi connectivity index (χ4v) is 4.29. The molecule has 0 N–H and O–H groups in total. The molecule has 1 aromatic heterocycles. The molecule has 0 bridgehead atoms. The molecule has 0 fully saturated rings. The molecular weight excluding hydrogens is 433 g/mol. The van der Waals surface area contributed by atoms with Gasteiger partial charge in [-0.15, -0.1) is 0 Å². The summed E-state index contributed by atoms with van der Waals surface area (Å²) >= 11 is 0. The number of ether oxygens (including phenoxy) is 2. The third-order valence-corrected chi connectivity index (χ3v) is 5.81. The standard InChI is InChI=1S/C26H22BNO6/c1-3-32-26(30)28-16-15-20-21(28)13-14-22-23(20)24(18-11-7-8-12-19(18)25(29)31-2)34-27(33-22)17-9-5-4-6-10-17/h4-16,24H,3H2,1-2H3. The van der Waals surface area contributed by atoms with Crippen LogP contribution in [-0.2, 0) is 14.1 Å². The van der Waals surface area contributed by atoms with Crippen LogP contribution in [-0.4, -0.2) is 37.5 Å². The van der Waals surface area contributed by atoms with Crippen molar-refractivity contribution in [3.8, 4) is 5.75 Å². The molecule has 1 aliphatic rings. The number of hydrogen-bond acceptors (Lipinski definition) is 6. The average molecular weight is 455 g/mol. The Balaban J connectivity index is 1.71. The number of carbonyl (C=O) groups is 2. The zero-order valence-electron chi connectivity index (χ0n) is 18.8. The molecule has 1 unspecified atom stereocenters. The highest BCUT2D eigenvalue weighted by Gasteiger charge is 2.39. The number of aromatic nitrogens is 1. The van der Waals surface area contributed by atoms with Crippen LogP contribution in [0.15, 0.2) is 79.0 Å². The number of nitrogens with zero attached hydrogens (tertiary/aromatic N) is 1. The van der Waals surface area contributed by atoms with E-state index in [0.717, 1.165) is 16.4 Å². The maximum Gasteiger partial charge on any atom is 0.563 e. The smallest absolute Gasteiger partial charge is 0.532 e. The predicted octanol–water partition coefficient (Wildman–Crippen LogP) is 4.33. The van der Waals surface area contributed by atoms with Crippen molar-refractivity contribution in [2.45, 2.75) is 13.0 Å². The number of carbonyl (C=O) groups excluding carboxylic acids is 2. The van der Waals surface area contributed by atoms with Crippen LogP contribution >= 0.6 is 0 Å². The molecular formula is C26H22BNO6. The van der Waals surface area contributed by atoms with Gasteiger partial charge < -0.3 is 18.8 Å². The quantitative estimate of drug-likeness (QED) is 0.337. The summed E-state index contributed by atoms with van der Waals surface area (Å²) in [6, 6.07) is 22.3. The maximum atomic E-state index is 12.6. The van der Waals surface area contributed by atoms with Gasteiger partial charge >= 0.3 is 19.2 Å². The molecule has 0 amide bonds. The Hall–Kier alpha value is -4.04. The Morgan fingerprint density at radius 1 is 1.00 bits per heavy atom. The molecule has 1 aliphatic heterocycles. The predicted molar refractivity (Wildman–Crippen MR) is 128 cm³/mol. The number of rotatable bonds is 4. The second-order valence-electron chi connectivity index (χ2n) is 7.75. The third kappa shape index (κ3) is 3.72. The van der Waals surface area contributed by atoms with Gasteiger partial charge in [0, 0.05) is 17.1 Å². The lowest BCUT2D eigenvalue weighted by Crippen LogP contribution is -2.44. The zero-order chi connectivity index (χ0) is 23.7. The van der Waals surface area contributed by atoms with Crippen molar-refractivity contribution < 1.29 is 28.4 Å². The minimum absolute atomic E-state index is 0.267. The molecule has 3 aromatic carbocycles. The Bertz CT molecular complexity index is 1370. The average Bonchev–Trinajstić information content (AvgIpc) is 3.33. The van der Waals surface area contributed by atoms with Crippen molar-refractivity contribution in [1.82, 2.24) is 4.57 Å². The van der Waals surface area contributed by atoms with Gasteiger partial charge in [-0.05, 0) is 42.2 Å². The summed E-state index contributed by atoms with van der Waals surface area (Å²) in [5.74, 6) is 0.152. The Labute approximate surface area is 197 Å². The zero-order valence-corrected chi connectivity index (χ0v) is 18.8. The van der Waals surface area contributed by atoms with Crippen molar-refractivity contribution >= 4 is 35.5 Å². The van der Waals surface area contributed by atoms with Gasteiger partial charge in [0.2, 0.25) is 0 Å². The monoisotopic (exact) mass is 455 g/mol. The topological polar surface area (TPSA) is 76.0 Å². The number of hydrogen-bond donors (Lipinski definition) is 0.